The van der Waals surface area contributed by atoms with E-state index < -0.39 is 11.9 Å². The van der Waals surface area contributed by atoms with Crippen LogP contribution in [0.25, 0.3) is 91.1 Å². The Morgan fingerprint density at radius 3 is 0.811 bits per heavy atom. The second kappa shape index (κ2) is 31.9. The van der Waals surface area contributed by atoms with Crippen LogP contribution in [0.5, 0.6) is 0 Å². The molecule has 13 rings (SSSR count). The zero-order chi connectivity index (χ0) is 62.3. The number of carbonyl (C=O) groups is 4. The van der Waals surface area contributed by atoms with E-state index in [0.717, 1.165) is 51.4 Å². The van der Waals surface area contributed by atoms with Crippen molar-refractivity contribution in [3.63, 3.8) is 0 Å². The number of fused-ring (bicyclic) bond motifs is 2. The maximum absolute atomic E-state index is 12.6. The van der Waals surface area contributed by atoms with Gasteiger partial charge in [0.15, 0.2) is 11.6 Å². The summed E-state index contributed by atoms with van der Waals surface area (Å²) < 4.78 is 21.4. The Labute approximate surface area is 519 Å². The summed E-state index contributed by atoms with van der Waals surface area (Å²) in [5.74, 6) is -1.07. The van der Waals surface area contributed by atoms with Gasteiger partial charge in [0.05, 0.1) is 72.0 Å². The van der Waals surface area contributed by atoms with Crippen LogP contribution < -0.4 is 0 Å². The minimum atomic E-state index is -0.584. The minimum absolute atomic E-state index is 0.0450. The van der Waals surface area contributed by atoms with E-state index in [4.69, 9.17) is 23.9 Å². The van der Waals surface area contributed by atoms with Crippen molar-refractivity contribution < 1.29 is 38.1 Å². The number of carbonyl (C=O) groups excluding carboxylic acids is 4. The number of esters is 2. The number of hydrogen-bond donors (Lipinski definition) is 0. The molecular weight excluding hydrogens is 1140 g/mol. The summed E-state index contributed by atoms with van der Waals surface area (Å²) >= 11 is 0. The topological polar surface area (TPSA) is 286 Å². The zero-order valence-corrected chi connectivity index (χ0v) is 49.9. The number of Topliss-reactive ketones (excluding diaryl/α,β-unsaturated/α-hetero) is 2. The molecule has 0 amide bonds. The molecule has 0 radical (unpaired) electrons. The molecule has 3 aliphatic rings. The first-order chi connectivity index (χ1) is 44.2. The number of pyridine rings is 6. The summed E-state index contributed by atoms with van der Waals surface area (Å²) in [4.78, 5) is 77.6. The Kier molecular flexibility index (Phi) is 22.1. The molecule has 454 valence electrons. The predicted octanol–water partition coefficient (Wildman–Crippen LogP) is 11.9. The Morgan fingerprint density at radius 1 is 0.289 bits per heavy atom. The van der Waals surface area contributed by atoms with E-state index in [-0.39, 0.29) is 62.6 Å². The predicted molar refractivity (Wildman–Crippen MR) is 334 cm³/mol. The number of unbranched alkanes of at least 4 members (excludes halogenated alkanes) is 6. The standard InChI is InChI=1S/C37H39N7O2.C31H25N7O6/c1-3-5-7-9-20-36(45)34-18-12-16-28(39-34)32-24-22-30(41-43-32)26-14-11-15-27(38-26)31-23-25-33(44-42-31)29-17-13-19-35(40-29)37(46)21-10-8-6-4-2;39-30-28-8-2-6-22(33-28)26-12-10-24(35-37-26)20-4-1-5-21(32-20)25-11-13-27(38-36-25)23-7-3-9-29(34-23)31(40)44-19-17-42-15-14-41-16-18-43-30/h11-19,22-25H,3-10,20-21H2,1-2H3;1-13H,14-19H2. The number of ketones is 2. The number of rotatable bonds is 16. The molecule has 0 aliphatic carbocycles. The van der Waals surface area contributed by atoms with Crippen molar-refractivity contribution in [1.82, 2.24) is 70.7 Å². The zero-order valence-electron chi connectivity index (χ0n) is 49.9. The van der Waals surface area contributed by atoms with Gasteiger partial charge in [-0.3, -0.25) is 9.59 Å². The molecule has 10 bridgehead atoms. The van der Waals surface area contributed by atoms with Gasteiger partial charge in [-0.25, -0.2) is 39.5 Å². The van der Waals surface area contributed by atoms with Gasteiger partial charge in [0.1, 0.15) is 81.5 Å². The molecule has 13 heterocycles. The van der Waals surface area contributed by atoms with E-state index in [1.54, 1.807) is 72.8 Å². The van der Waals surface area contributed by atoms with E-state index >= 15 is 0 Å². The number of aromatic nitrogens is 14. The van der Waals surface area contributed by atoms with Gasteiger partial charge >= 0.3 is 11.9 Å². The molecule has 90 heavy (non-hydrogen) atoms. The summed E-state index contributed by atoms with van der Waals surface area (Å²) in [5.41, 5.74) is 10.2. The highest BCUT2D eigenvalue weighted by Gasteiger charge is 2.18. The normalized spacial score (nSPS) is 12.7. The van der Waals surface area contributed by atoms with Gasteiger partial charge in [0, 0.05) is 12.8 Å². The van der Waals surface area contributed by atoms with E-state index in [1.807, 2.05) is 84.9 Å². The summed E-state index contributed by atoms with van der Waals surface area (Å²) in [6.07, 6.45) is 9.40. The first-order valence-electron chi connectivity index (χ1n) is 30.0. The van der Waals surface area contributed by atoms with Crippen LogP contribution in [0.2, 0.25) is 0 Å². The molecule has 0 spiro atoms. The van der Waals surface area contributed by atoms with Crippen molar-refractivity contribution in [3.05, 3.63) is 181 Å². The van der Waals surface area contributed by atoms with Crippen LogP contribution in [0.4, 0.5) is 0 Å². The van der Waals surface area contributed by atoms with Gasteiger partial charge in [-0.1, -0.05) is 88.8 Å². The summed E-state index contributed by atoms with van der Waals surface area (Å²) in [5, 5.41) is 34.8. The maximum Gasteiger partial charge on any atom is 0.357 e. The largest absolute Gasteiger partial charge is 0.459 e. The van der Waals surface area contributed by atoms with E-state index in [1.165, 1.54) is 0 Å². The fraction of sp³-hybridized carbons (Fsp3) is 0.265. The van der Waals surface area contributed by atoms with Crippen molar-refractivity contribution in [2.45, 2.75) is 78.1 Å². The van der Waals surface area contributed by atoms with Crippen molar-refractivity contribution >= 4 is 23.5 Å². The second-order valence-corrected chi connectivity index (χ2v) is 20.6. The van der Waals surface area contributed by atoms with Gasteiger partial charge in [0.2, 0.25) is 0 Å². The van der Waals surface area contributed by atoms with Crippen molar-refractivity contribution in [2.24, 2.45) is 0 Å². The van der Waals surface area contributed by atoms with Crippen LogP contribution in [-0.2, 0) is 18.9 Å². The third-order valence-electron chi connectivity index (χ3n) is 14.1. The lowest BCUT2D eigenvalue weighted by Gasteiger charge is -2.08. The van der Waals surface area contributed by atoms with Gasteiger partial charge in [-0.2, -0.15) is 0 Å². The molecule has 3 aliphatic heterocycles. The monoisotopic (exact) mass is 1200 g/mol. The Hall–Kier alpha value is -10.6. The van der Waals surface area contributed by atoms with E-state index in [2.05, 4.69) is 79.6 Å². The fourth-order valence-electron chi connectivity index (χ4n) is 9.25. The number of ether oxygens (including phenoxy) is 4. The van der Waals surface area contributed by atoms with Crippen molar-refractivity contribution in [2.75, 3.05) is 39.6 Å². The van der Waals surface area contributed by atoms with Crippen LogP contribution >= 0.6 is 0 Å². The van der Waals surface area contributed by atoms with Crippen LogP contribution in [0.3, 0.4) is 0 Å². The van der Waals surface area contributed by atoms with E-state index in [9.17, 15) is 19.2 Å². The first kappa shape index (κ1) is 62.5. The molecule has 22 heteroatoms. The van der Waals surface area contributed by atoms with Gasteiger partial charge in [-0.15, -0.1) is 40.8 Å². The number of nitrogens with zero attached hydrogens (tertiary/aromatic N) is 14. The second-order valence-electron chi connectivity index (χ2n) is 20.6. The third kappa shape index (κ3) is 17.1. The van der Waals surface area contributed by atoms with Crippen molar-refractivity contribution in [3.8, 4) is 91.1 Å². The quantitative estimate of drug-likeness (QED) is 0.0493. The molecule has 0 atom stereocenters. The van der Waals surface area contributed by atoms with E-state index in [0.29, 0.717) is 115 Å². The molecule has 0 unspecified atom stereocenters. The molecule has 10 aromatic rings. The first-order valence-corrected chi connectivity index (χ1v) is 30.0. The van der Waals surface area contributed by atoms with Crippen LogP contribution in [-0.4, -0.2) is 134 Å². The van der Waals surface area contributed by atoms with Gasteiger partial charge in [-0.05, 0) is 134 Å². The summed E-state index contributed by atoms with van der Waals surface area (Å²) in [7, 11) is 0. The SMILES string of the molecule is CCCCCCC(=O)c1cccc(-c2ccc(-c3cccc(-c4ccc(-c5cccc(C(=O)CCCCCC)n5)nn4)n3)nn2)n1.O=C1OCCOCCOCCOC(=O)c2cccc(n2)-c2ccc(nn2)-c2cccc(n2)-c2ccc(nn2)-c2cccc1n2. The smallest absolute Gasteiger partial charge is 0.357 e. The summed E-state index contributed by atoms with van der Waals surface area (Å²) in [6.45, 7) is 5.31. The number of hydrogen-bond acceptors (Lipinski definition) is 22. The van der Waals surface area contributed by atoms with Crippen LogP contribution in [0.1, 0.15) is 120 Å². The minimum Gasteiger partial charge on any atom is -0.459 e. The molecule has 0 fully saturated rings. The lowest BCUT2D eigenvalue weighted by Crippen LogP contribution is -2.16. The molecule has 0 saturated heterocycles. The molecule has 22 nitrogen and oxygen atoms in total. The molecular formula is C68H64N14O8. The lowest BCUT2D eigenvalue weighted by atomic mass is 10.1. The molecule has 0 saturated carbocycles. The highest BCUT2D eigenvalue weighted by molar-refractivity contribution is 5.95. The van der Waals surface area contributed by atoms with Crippen LogP contribution in [0.15, 0.2) is 158 Å². The van der Waals surface area contributed by atoms with Crippen LogP contribution in [0, 0.1) is 0 Å². The molecule has 0 N–H and O–H groups in total. The maximum atomic E-state index is 12.6. The Bertz CT molecular complexity index is 3790. The highest BCUT2D eigenvalue weighted by Crippen LogP contribution is 2.26. The average molecular weight is 1210 g/mol. The van der Waals surface area contributed by atoms with Crippen molar-refractivity contribution in [1.29, 1.82) is 0 Å². The summed E-state index contributed by atoms with van der Waals surface area (Å²) in [6, 6.07) is 46.3. The lowest BCUT2D eigenvalue weighted by molar-refractivity contribution is 0.00199. The molecule has 10 aromatic heterocycles. The van der Waals surface area contributed by atoms with Gasteiger partial charge < -0.3 is 18.9 Å². The third-order valence-corrected chi connectivity index (χ3v) is 14.1. The fourth-order valence-corrected chi connectivity index (χ4v) is 9.25. The Balaban J connectivity index is 0.000000198. The average Bonchev–Trinajstić information content (AvgIpc) is 3.13. The van der Waals surface area contributed by atoms with Gasteiger partial charge in [0.25, 0.3) is 0 Å². The Morgan fingerprint density at radius 2 is 0.533 bits per heavy atom. The molecule has 0 aromatic carbocycles. The highest BCUT2D eigenvalue weighted by atomic mass is 16.6.